The van der Waals surface area contributed by atoms with Gasteiger partial charge in [-0.25, -0.2) is 0 Å². The molecular formula is C12H18BrNOS. The number of hydrogen-bond acceptors (Lipinski definition) is 3. The van der Waals surface area contributed by atoms with Gasteiger partial charge in [-0.05, 0) is 35.3 Å². The normalized spacial score (nSPS) is 27.8. The van der Waals surface area contributed by atoms with Gasteiger partial charge in [0.05, 0.1) is 6.10 Å². The number of rotatable bonds is 3. The van der Waals surface area contributed by atoms with E-state index in [9.17, 15) is 5.11 Å². The number of hydrogen-bond donors (Lipinski definition) is 2. The maximum atomic E-state index is 9.65. The monoisotopic (exact) mass is 303 g/mol. The van der Waals surface area contributed by atoms with Crippen LogP contribution in [0, 0.1) is 12.3 Å². The van der Waals surface area contributed by atoms with Crippen LogP contribution in [0.15, 0.2) is 10.5 Å². The van der Waals surface area contributed by atoms with Crippen molar-refractivity contribution in [2.75, 3.05) is 0 Å². The third-order valence-electron chi connectivity index (χ3n) is 3.65. The highest BCUT2D eigenvalue weighted by Crippen LogP contribution is 2.40. The first kappa shape index (κ1) is 12.6. The van der Waals surface area contributed by atoms with Gasteiger partial charge in [0, 0.05) is 32.2 Å². The Morgan fingerprint density at radius 3 is 2.75 bits per heavy atom. The number of aliphatic hydroxyl groups excluding tert-OH is 1. The van der Waals surface area contributed by atoms with Crippen molar-refractivity contribution < 1.29 is 5.11 Å². The zero-order valence-electron chi connectivity index (χ0n) is 9.88. The summed E-state index contributed by atoms with van der Waals surface area (Å²) >= 11 is 5.35. The summed E-state index contributed by atoms with van der Waals surface area (Å²) in [4.78, 5) is 2.67. The summed E-state index contributed by atoms with van der Waals surface area (Å²) in [5.74, 6) is 0. The van der Waals surface area contributed by atoms with Crippen LogP contribution in [0.25, 0.3) is 0 Å². The molecule has 0 saturated heterocycles. The van der Waals surface area contributed by atoms with Crippen LogP contribution in [0.5, 0.6) is 0 Å². The van der Waals surface area contributed by atoms with E-state index >= 15 is 0 Å². The van der Waals surface area contributed by atoms with Crippen molar-refractivity contribution in [3.63, 3.8) is 0 Å². The summed E-state index contributed by atoms with van der Waals surface area (Å²) in [5, 5.41) is 13.2. The van der Waals surface area contributed by atoms with Crippen molar-refractivity contribution in [1.82, 2.24) is 5.32 Å². The molecule has 0 spiro atoms. The second-order valence-corrected chi connectivity index (χ2v) is 7.32. The van der Waals surface area contributed by atoms with Crippen molar-refractivity contribution >= 4 is 27.3 Å². The Morgan fingerprint density at radius 1 is 1.62 bits per heavy atom. The van der Waals surface area contributed by atoms with Crippen LogP contribution in [-0.2, 0) is 6.54 Å². The summed E-state index contributed by atoms with van der Waals surface area (Å²) in [7, 11) is 0. The lowest BCUT2D eigenvalue weighted by Crippen LogP contribution is -2.59. The zero-order chi connectivity index (χ0) is 11.9. The van der Waals surface area contributed by atoms with Crippen LogP contribution >= 0.6 is 27.3 Å². The molecule has 0 amide bonds. The SMILES string of the molecule is Cc1sc(CNC2CC(O)C2(C)C)cc1Br. The van der Waals surface area contributed by atoms with E-state index in [1.54, 1.807) is 0 Å². The minimum atomic E-state index is -0.151. The first-order valence-corrected chi connectivity index (χ1v) is 7.18. The van der Waals surface area contributed by atoms with E-state index in [1.165, 1.54) is 14.2 Å². The number of aliphatic hydroxyl groups is 1. The first-order valence-electron chi connectivity index (χ1n) is 5.57. The molecule has 4 heteroatoms. The highest BCUT2D eigenvalue weighted by atomic mass is 79.9. The van der Waals surface area contributed by atoms with Crippen LogP contribution in [0.1, 0.15) is 30.0 Å². The Bertz CT molecular complexity index is 369. The standard InChI is InChI=1S/C12H18BrNOS/c1-7-9(13)4-8(16-7)6-14-10-5-11(15)12(10,2)3/h4,10-11,14-15H,5-6H2,1-3H3. The van der Waals surface area contributed by atoms with Gasteiger partial charge < -0.3 is 10.4 Å². The molecule has 2 atom stereocenters. The molecule has 0 aliphatic heterocycles. The van der Waals surface area contributed by atoms with E-state index in [2.05, 4.69) is 48.1 Å². The molecule has 1 aliphatic rings. The minimum Gasteiger partial charge on any atom is -0.392 e. The van der Waals surface area contributed by atoms with Gasteiger partial charge in [-0.15, -0.1) is 11.3 Å². The summed E-state index contributed by atoms with van der Waals surface area (Å²) in [6.07, 6.45) is 0.722. The second kappa shape index (κ2) is 4.41. The summed E-state index contributed by atoms with van der Waals surface area (Å²) in [5.41, 5.74) is 0.0174. The molecule has 2 nitrogen and oxygen atoms in total. The molecule has 2 N–H and O–H groups in total. The molecule has 2 unspecified atom stereocenters. The van der Waals surface area contributed by atoms with E-state index in [1.807, 2.05) is 11.3 Å². The fourth-order valence-electron chi connectivity index (χ4n) is 2.08. The molecule has 90 valence electrons. The fourth-order valence-corrected chi connectivity index (χ4v) is 3.63. The lowest BCUT2D eigenvalue weighted by atomic mass is 9.64. The fraction of sp³-hybridized carbons (Fsp3) is 0.667. The van der Waals surface area contributed by atoms with E-state index in [4.69, 9.17) is 0 Å². The van der Waals surface area contributed by atoms with Gasteiger partial charge >= 0.3 is 0 Å². The molecule has 0 bridgehead atoms. The molecular weight excluding hydrogens is 286 g/mol. The van der Waals surface area contributed by atoms with Gasteiger partial charge in [0.1, 0.15) is 0 Å². The summed E-state index contributed by atoms with van der Waals surface area (Å²) in [6.45, 7) is 7.26. The van der Waals surface area contributed by atoms with Crippen LogP contribution in [0.3, 0.4) is 0 Å². The van der Waals surface area contributed by atoms with E-state index in [0.29, 0.717) is 6.04 Å². The molecule has 1 fully saturated rings. The Kier molecular flexibility index (Phi) is 3.46. The maximum Gasteiger partial charge on any atom is 0.0621 e. The Morgan fingerprint density at radius 2 is 2.31 bits per heavy atom. The first-order chi connectivity index (χ1) is 7.41. The third kappa shape index (κ3) is 2.21. The van der Waals surface area contributed by atoms with E-state index in [0.717, 1.165) is 13.0 Å². The smallest absolute Gasteiger partial charge is 0.0621 e. The number of thiophene rings is 1. The topological polar surface area (TPSA) is 32.3 Å². The predicted octanol–water partition coefficient (Wildman–Crippen LogP) is 3.07. The van der Waals surface area contributed by atoms with Crippen molar-refractivity contribution in [3.05, 3.63) is 20.3 Å². The van der Waals surface area contributed by atoms with Gasteiger partial charge in [0.2, 0.25) is 0 Å². The summed E-state index contributed by atoms with van der Waals surface area (Å²) in [6, 6.07) is 2.61. The van der Waals surface area contributed by atoms with Crippen LogP contribution < -0.4 is 5.32 Å². The van der Waals surface area contributed by atoms with Gasteiger partial charge in [-0.3, -0.25) is 0 Å². The van der Waals surface area contributed by atoms with Crippen LogP contribution in [0.2, 0.25) is 0 Å². The van der Waals surface area contributed by atoms with Crippen LogP contribution in [-0.4, -0.2) is 17.3 Å². The summed E-state index contributed by atoms with van der Waals surface area (Å²) < 4.78 is 1.20. The molecule has 1 aliphatic carbocycles. The number of aryl methyl sites for hydroxylation is 1. The molecule has 1 saturated carbocycles. The van der Waals surface area contributed by atoms with Crippen molar-refractivity contribution in [2.24, 2.45) is 5.41 Å². The lowest BCUT2D eigenvalue weighted by molar-refractivity contribution is -0.0729. The molecule has 1 aromatic rings. The minimum absolute atomic E-state index is 0.0174. The van der Waals surface area contributed by atoms with Crippen LogP contribution in [0.4, 0.5) is 0 Å². The highest BCUT2D eigenvalue weighted by molar-refractivity contribution is 9.10. The predicted molar refractivity (Wildman–Crippen MR) is 71.8 cm³/mol. The molecule has 16 heavy (non-hydrogen) atoms. The van der Waals surface area contributed by atoms with Gasteiger partial charge in [0.15, 0.2) is 0 Å². The molecule has 1 aromatic heterocycles. The third-order valence-corrected chi connectivity index (χ3v) is 5.78. The van der Waals surface area contributed by atoms with Crippen molar-refractivity contribution in [3.8, 4) is 0 Å². The quantitative estimate of drug-likeness (QED) is 0.899. The number of nitrogens with one attached hydrogen (secondary N) is 1. The Hall–Kier alpha value is 0.100. The maximum absolute atomic E-state index is 9.65. The van der Waals surface area contributed by atoms with Gasteiger partial charge in [-0.1, -0.05) is 13.8 Å². The van der Waals surface area contributed by atoms with E-state index in [-0.39, 0.29) is 11.5 Å². The van der Waals surface area contributed by atoms with E-state index < -0.39 is 0 Å². The largest absolute Gasteiger partial charge is 0.392 e. The zero-order valence-corrected chi connectivity index (χ0v) is 12.3. The number of halogens is 1. The molecule has 2 rings (SSSR count). The molecule has 0 radical (unpaired) electrons. The van der Waals surface area contributed by atoms with Crippen molar-refractivity contribution in [2.45, 2.75) is 45.9 Å². The van der Waals surface area contributed by atoms with Crippen molar-refractivity contribution in [1.29, 1.82) is 0 Å². The second-order valence-electron chi connectivity index (χ2n) is 5.12. The molecule has 0 aromatic carbocycles. The average molecular weight is 304 g/mol. The lowest BCUT2D eigenvalue weighted by Gasteiger charge is -2.49. The molecule has 1 heterocycles. The Balaban J connectivity index is 1.89. The Labute approximate surface area is 109 Å². The van der Waals surface area contributed by atoms with Gasteiger partial charge in [-0.2, -0.15) is 0 Å². The van der Waals surface area contributed by atoms with Gasteiger partial charge in [0.25, 0.3) is 0 Å². The average Bonchev–Trinajstić information content (AvgIpc) is 2.53. The highest BCUT2D eigenvalue weighted by Gasteiger charge is 2.46.